The van der Waals surface area contributed by atoms with Crippen molar-refractivity contribution in [2.75, 3.05) is 0 Å². The van der Waals surface area contributed by atoms with Crippen LogP contribution in [0.1, 0.15) is 27.7 Å². The molecule has 0 saturated carbocycles. The summed E-state index contributed by atoms with van der Waals surface area (Å²) in [6, 6.07) is -0.646. The number of carboxylic acids is 1. The zero-order chi connectivity index (χ0) is 11.3. The lowest BCUT2D eigenvalue weighted by Gasteiger charge is -2.32. The summed E-state index contributed by atoms with van der Waals surface area (Å²) < 4.78 is 0. The van der Waals surface area contributed by atoms with Gasteiger partial charge in [0.2, 0.25) is 0 Å². The van der Waals surface area contributed by atoms with E-state index in [-0.39, 0.29) is 0 Å². The Morgan fingerprint density at radius 1 is 1.29 bits per heavy atom. The zero-order valence-electron chi connectivity index (χ0n) is 8.94. The summed E-state index contributed by atoms with van der Waals surface area (Å²) in [5, 5.41) is 21.7. The fraction of sp³-hybridized carbons (Fsp3) is 0.889. The van der Waals surface area contributed by atoms with Gasteiger partial charge in [-0.15, -0.1) is 10.3 Å². The predicted octanol–water partition coefficient (Wildman–Crippen LogP) is 0.233. The number of hydrogen-bond acceptors (Lipinski definition) is 3. The van der Waals surface area contributed by atoms with Gasteiger partial charge < -0.3 is 10.8 Å². The van der Waals surface area contributed by atoms with Gasteiger partial charge >= 0.3 is 5.97 Å². The van der Waals surface area contributed by atoms with E-state index in [1.807, 2.05) is 0 Å². The van der Waals surface area contributed by atoms with Crippen molar-refractivity contribution < 1.29 is 15.1 Å². The smallest absolute Gasteiger partial charge is 0.310 e. The Hall–Kier alpha value is -0.650. The van der Waals surface area contributed by atoms with Crippen LogP contribution in [0.2, 0.25) is 0 Å². The number of carbonyl (C=O) groups is 1. The fourth-order valence-electron chi connectivity index (χ4n) is 2.31. The summed E-state index contributed by atoms with van der Waals surface area (Å²) in [4.78, 5) is 11.0. The van der Waals surface area contributed by atoms with Gasteiger partial charge in [-0.25, -0.2) is 0 Å². The second-order valence-corrected chi connectivity index (χ2v) is 4.94. The molecule has 2 unspecified atom stereocenters. The van der Waals surface area contributed by atoms with Gasteiger partial charge in [0.25, 0.3) is 0 Å². The second-order valence-electron chi connectivity index (χ2n) is 4.94. The molecule has 14 heavy (non-hydrogen) atoms. The monoisotopic (exact) mass is 201 g/mol. The number of hydroxylamine groups is 2. The summed E-state index contributed by atoms with van der Waals surface area (Å²) >= 11 is 0. The molecule has 1 aliphatic rings. The van der Waals surface area contributed by atoms with Gasteiger partial charge in [-0.2, -0.15) is 0 Å². The molecule has 0 aromatic rings. The molecule has 0 aromatic heterocycles. The Labute approximate surface area is 83.5 Å². The van der Waals surface area contributed by atoms with Crippen molar-refractivity contribution in [3.05, 3.63) is 0 Å². The topological polar surface area (TPSA) is 86.5 Å². The Balaban J connectivity index is 3.16. The van der Waals surface area contributed by atoms with Gasteiger partial charge in [0.15, 0.2) is 0 Å². The standard InChI is InChI=1S/C9H17N2O3/c1-8(2)5(7(12)13)6(10)9(3,4)11(8)14/h5-6H,10H2,1-4H3,(H,12,13). The molecule has 1 heterocycles. The van der Waals surface area contributed by atoms with E-state index in [2.05, 4.69) is 0 Å². The van der Waals surface area contributed by atoms with E-state index in [0.29, 0.717) is 0 Å². The van der Waals surface area contributed by atoms with Crippen LogP contribution < -0.4 is 5.73 Å². The number of nitrogens with zero attached hydrogens (tertiary/aromatic N) is 1. The molecule has 2 atom stereocenters. The summed E-state index contributed by atoms with van der Waals surface area (Å²) in [7, 11) is 0. The van der Waals surface area contributed by atoms with E-state index in [4.69, 9.17) is 10.8 Å². The van der Waals surface area contributed by atoms with Gasteiger partial charge in [0.05, 0.1) is 17.0 Å². The van der Waals surface area contributed by atoms with Gasteiger partial charge in [0, 0.05) is 6.04 Å². The summed E-state index contributed by atoms with van der Waals surface area (Å²) in [6.45, 7) is 6.59. The molecule has 3 N–H and O–H groups in total. The molecule has 0 spiro atoms. The van der Waals surface area contributed by atoms with Crippen molar-refractivity contribution in [1.82, 2.24) is 5.06 Å². The summed E-state index contributed by atoms with van der Waals surface area (Å²) in [5.41, 5.74) is 4.02. The van der Waals surface area contributed by atoms with Crippen LogP contribution >= 0.6 is 0 Å². The number of nitrogens with two attached hydrogens (primary N) is 1. The lowest BCUT2D eigenvalue weighted by molar-refractivity contribution is -0.249. The van der Waals surface area contributed by atoms with Crippen LogP contribution in [0.3, 0.4) is 0 Å². The molecule has 1 rings (SSSR count). The minimum absolute atomic E-state index is 0.646. The molecular weight excluding hydrogens is 184 g/mol. The molecule has 1 saturated heterocycles. The highest BCUT2D eigenvalue weighted by Gasteiger charge is 2.60. The number of hydrogen-bond donors (Lipinski definition) is 2. The third kappa shape index (κ3) is 1.24. The van der Waals surface area contributed by atoms with Crippen LogP contribution in [-0.2, 0) is 10.0 Å². The largest absolute Gasteiger partial charge is 0.481 e. The molecular formula is C9H17N2O3. The lowest BCUT2D eigenvalue weighted by atomic mass is 9.83. The van der Waals surface area contributed by atoms with E-state index >= 15 is 0 Å². The first kappa shape index (κ1) is 11.4. The van der Waals surface area contributed by atoms with Crippen molar-refractivity contribution in [3.8, 4) is 0 Å². The first-order valence-electron chi connectivity index (χ1n) is 4.59. The highest BCUT2D eigenvalue weighted by Crippen LogP contribution is 2.42. The van der Waals surface area contributed by atoms with Crippen molar-refractivity contribution in [2.45, 2.75) is 44.8 Å². The van der Waals surface area contributed by atoms with E-state index < -0.39 is 29.0 Å². The second kappa shape index (κ2) is 2.92. The van der Waals surface area contributed by atoms with Crippen molar-refractivity contribution in [2.24, 2.45) is 11.7 Å². The predicted molar refractivity (Wildman–Crippen MR) is 49.8 cm³/mol. The molecule has 0 aliphatic carbocycles. The van der Waals surface area contributed by atoms with Crippen LogP contribution in [-0.4, -0.2) is 33.3 Å². The van der Waals surface area contributed by atoms with E-state index in [1.54, 1.807) is 27.7 Å². The van der Waals surface area contributed by atoms with E-state index in [0.717, 1.165) is 5.06 Å². The Morgan fingerprint density at radius 3 is 1.86 bits per heavy atom. The highest BCUT2D eigenvalue weighted by molar-refractivity contribution is 5.73. The third-order valence-electron chi connectivity index (χ3n) is 3.25. The lowest BCUT2D eigenvalue weighted by Crippen LogP contribution is -2.49. The van der Waals surface area contributed by atoms with Crippen molar-refractivity contribution >= 4 is 5.97 Å². The first-order chi connectivity index (χ1) is 6.13. The molecule has 1 radical (unpaired) electrons. The SMILES string of the molecule is CC1(C)C(N)C(C(=O)O)C(C)(C)N1[O]. The van der Waals surface area contributed by atoms with Crippen LogP contribution in [0.4, 0.5) is 0 Å². The van der Waals surface area contributed by atoms with Gasteiger partial charge in [-0.1, -0.05) is 0 Å². The third-order valence-corrected chi connectivity index (χ3v) is 3.25. The molecule has 1 aliphatic heterocycles. The normalized spacial score (nSPS) is 35.9. The van der Waals surface area contributed by atoms with Crippen LogP contribution in [0, 0.1) is 5.92 Å². The molecule has 0 bridgehead atoms. The molecule has 0 aromatic carbocycles. The maximum absolute atomic E-state index is 11.8. The molecule has 1 fully saturated rings. The molecule has 81 valence electrons. The first-order valence-corrected chi connectivity index (χ1v) is 4.59. The average Bonchev–Trinajstić information content (AvgIpc) is 2.10. The fourth-order valence-corrected chi connectivity index (χ4v) is 2.31. The van der Waals surface area contributed by atoms with Gasteiger partial charge in [-0.3, -0.25) is 4.79 Å². The number of aliphatic carboxylic acids is 1. The minimum atomic E-state index is -1.01. The van der Waals surface area contributed by atoms with Gasteiger partial charge in [0.1, 0.15) is 0 Å². The maximum atomic E-state index is 11.8. The Kier molecular flexibility index (Phi) is 2.38. The molecule has 0 amide bonds. The summed E-state index contributed by atoms with van der Waals surface area (Å²) in [5.74, 6) is -1.83. The van der Waals surface area contributed by atoms with Crippen LogP contribution in [0.15, 0.2) is 0 Å². The number of carboxylic acid groups (broad SMARTS) is 1. The van der Waals surface area contributed by atoms with Crippen molar-refractivity contribution in [3.63, 3.8) is 0 Å². The minimum Gasteiger partial charge on any atom is -0.481 e. The van der Waals surface area contributed by atoms with Crippen LogP contribution in [0.25, 0.3) is 0 Å². The average molecular weight is 201 g/mol. The molecule has 5 nitrogen and oxygen atoms in total. The quantitative estimate of drug-likeness (QED) is 0.636. The number of rotatable bonds is 1. The van der Waals surface area contributed by atoms with Crippen molar-refractivity contribution in [1.29, 1.82) is 0 Å². The zero-order valence-corrected chi connectivity index (χ0v) is 8.94. The maximum Gasteiger partial charge on any atom is 0.310 e. The Bertz CT molecular complexity index is 263. The summed E-state index contributed by atoms with van der Waals surface area (Å²) in [6.07, 6.45) is 0. The van der Waals surface area contributed by atoms with E-state index in [9.17, 15) is 10.0 Å². The van der Waals surface area contributed by atoms with Crippen LogP contribution in [0.5, 0.6) is 0 Å². The van der Waals surface area contributed by atoms with E-state index in [1.165, 1.54) is 0 Å². The Morgan fingerprint density at radius 2 is 1.71 bits per heavy atom. The molecule has 5 heteroatoms. The highest BCUT2D eigenvalue weighted by atomic mass is 16.5. The van der Waals surface area contributed by atoms with Gasteiger partial charge in [-0.05, 0) is 27.7 Å².